The lowest BCUT2D eigenvalue weighted by molar-refractivity contribution is 0.0524. The number of fused-ring (bicyclic) bond motifs is 2. The van der Waals surface area contributed by atoms with Crippen LogP contribution in [0, 0.1) is 6.92 Å². The summed E-state index contributed by atoms with van der Waals surface area (Å²) in [7, 11) is 0. The molecule has 4 aromatic rings. The Morgan fingerprint density at radius 2 is 1.76 bits per heavy atom. The molecule has 0 bridgehead atoms. The minimum atomic E-state index is -0.428. The Kier molecular flexibility index (Phi) is 5.16. The first kappa shape index (κ1) is 18.6. The first-order valence-electron chi connectivity index (χ1n) is 9.37. The number of hydrogen-bond acceptors (Lipinski definition) is 6. The Hall–Kier alpha value is -3.80. The Morgan fingerprint density at radius 1 is 1.10 bits per heavy atom. The third kappa shape index (κ3) is 3.78. The van der Waals surface area contributed by atoms with E-state index in [1.165, 1.54) is 6.20 Å². The third-order valence-electron chi connectivity index (χ3n) is 4.65. The van der Waals surface area contributed by atoms with Crippen molar-refractivity contribution in [2.75, 3.05) is 12.0 Å². The van der Waals surface area contributed by atoms with Gasteiger partial charge in [0, 0.05) is 11.8 Å². The summed E-state index contributed by atoms with van der Waals surface area (Å²) in [4.78, 5) is 20.3. The molecule has 0 spiro atoms. The molecule has 0 atom stereocenters. The predicted molar refractivity (Wildman–Crippen MR) is 115 cm³/mol. The molecule has 0 aliphatic heterocycles. The normalized spacial score (nSPS) is 11.2. The van der Waals surface area contributed by atoms with Gasteiger partial charge in [-0.3, -0.25) is 0 Å². The van der Waals surface area contributed by atoms with Gasteiger partial charge in [0.05, 0.1) is 24.1 Å². The molecule has 1 N–H and O–H groups in total. The van der Waals surface area contributed by atoms with E-state index < -0.39 is 5.97 Å². The molecule has 1 aromatic heterocycles. The predicted octanol–water partition coefficient (Wildman–Crippen LogP) is 4.71. The highest BCUT2D eigenvalue weighted by atomic mass is 16.5. The standard InChI is InChI=1S/C23H20N4O2/c1-3-29-22(28)20-13-24-23(26-15(20)2)27-25-14-21-18-10-6-4-8-16(18)12-17-9-5-7-11-19(17)21/h4-14H,3H2,1-2H3,(H,24,26,27)/b25-14-. The lowest BCUT2D eigenvalue weighted by atomic mass is 9.97. The number of esters is 1. The van der Waals surface area contributed by atoms with Crippen molar-refractivity contribution < 1.29 is 9.53 Å². The fraction of sp³-hybridized carbons (Fsp3) is 0.130. The van der Waals surface area contributed by atoms with Crippen molar-refractivity contribution in [2.24, 2.45) is 5.10 Å². The maximum Gasteiger partial charge on any atom is 0.341 e. The molecular weight excluding hydrogens is 364 g/mol. The molecule has 0 amide bonds. The Labute approximate surface area is 168 Å². The number of ether oxygens (including phenoxy) is 1. The van der Waals surface area contributed by atoms with Crippen molar-refractivity contribution >= 4 is 39.7 Å². The first-order valence-corrected chi connectivity index (χ1v) is 9.37. The zero-order valence-corrected chi connectivity index (χ0v) is 16.2. The molecular formula is C23H20N4O2. The fourth-order valence-electron chi connectivity index (χ4n) is 3.27. The van der Waals surface area contributed by atoms with Crippen molar-refractivity contribution in [2.45, 2.75) is 13.8 Å². The number of aromatic nitrogens is 2. The number of nitrogens with one attached hydrogen (secondary N) is 1. The summed E-state index contributed by atoms with van der Waals surface area (Å²) in [5.74, 6) is -0.112. The van der Waals surface area contributed by atoms with Gasteiger partial charge in [0.2, 0.25) is 5.95 Å². The monoisotopic (exact) mass is 384 g/mol. The summed E-state index contributed by atoms with van der Waals surface area (Å²) in [5, 5.41) is 8.89. The molecule has 0 fully saturated rings. The molecule has 6 nitrogen and oxygen atoms in total. The molecule has 0 saturated heterocycles. The van der Waals surface area contributed by atoms with Gasteiger partial charge < -0.3 is 4.74 Å². The molecule has 4 rings (SSSR count). The van der Waals surface area contributed by atoms with E-state index in [0.717, 1.165) is 27.1 Å². The molecule has 0 unspecified atom stereocenters. The van der Waals surface area contributed by atoms with E-state index in [0.29, 0.717) is 23.8 Å². The Bertz CT molecular complexity index is 1180. The zero-order chi connectivity index (χ0) is 20.2. The SMILES string of the molecule is CCOC(=O)c1cnc(N/N=C\c2c3ccccc3cc3ccccc23)nc1C. The van der Waals surface area contributed by atoms with E-state index in [9.17, 15) is 4.79 Å². The molecule has 1 heterocycles. The number of hydrogen-bond donors (Lipinski definition) is 1. The van der Waals surface area contributed by atoms with E-state index in [-0.39, 0.29) is 0 Å². The van der Waals surface area contributed by atoms with Crippen LogP contribution in [0.2, 0.25) is 0 Å². The number of carbonyl (C=O) groups excluding carboxylic acids is 1. The molecule has 0 aliphatic carbocycles. The van der Waals surface area contributed by atoms with Crippen LogP contribution in [0.4, 0.5) is 5.95 Å². The van der Waals surface area contributed by atoms with Gasteiger partial charge in [-0.1, -0.05) is 48.5 Å². The second kappa shape index (κ2) is 8.06. The van der Waals surface area contributed by atoms with Gasteiger partial charge in [-0.25, -0.2) is 20.2 Å². The lowest BCUT2D eigenvalue weighted by Gasteiger charge is -2.08. The van der Waals surface area contributed by atoms with Gasteiger partial charge in [-0.05, 0) is 41.5 Å². The lowest BCUT2D eigenvalue weighted by Crippen LogP contribution is -2.10. The van der Waals surface area contributed by atoms with Gasteiger partial charge in [0.25, 0.3) is 0 Å². The van der Waals surface area contributed by atoms with Crippen LogP contribution < -0.4 is 5.43 Å². The number of nitrogens with zero attached hydrogens (tertiary/aromatic N) is 3. The zero-order valence-electron chi connectivity index (χ0n) is 16.2. The second-order valence-corrected chi connectivity index (χ2v) is 6.52. The maximum absolute atomic E-state index is 11.9. The Morgan fingerprint density at radius 3 is 2.38 bits per heavy atom. The van der Waals surface area contributed by atoms with Crippen molar-refractivity contribution in [3.05, 3.63) is 77.6 Å². The highest BCUT2D eigenvalue weighted by Crippen LogP contribution is 2.27. The van der Waals surface area contributed by atoms with Crippen LogP contribution in [0.5, 0.6) is 0 Å². The number of benzene rings is 3. The number of aryl methyl sites for hydroxylation is 1. The molecule has 0 aliphatic rings. The largest absolute Gasteiger partial charge is 0.462 e. The van der Waals surface area contributed by atoms with E-state index in [4.69, 9.17) is 4.74 Å². The van der Waals surface area contributed by atoms with E-state index in [1.807, 2.05) is 24.3 Å². The van der Waals surface area contributed by atoms with Crippen LogP contribution in [-0.4, -0.2) is 28.8 Å². The minimum absolute atomic E-state index is 0.307. The summed E-state index contributed by atoms with van der Waals surface area (Å²) >= 11 is 0. The van der Waals surface area contributed by atoms with Crippen molar-refractivity contribution in [1.82, 2.24) is 9.97 Å². The summed E-state index contributed by atoms with van der Waals surface area (Å²) in [5.41, 5.74) is 4.76. The first-order chi connectivity index (χ1) is 14.2. The quantitative estimate of drug-likeness (QED) is 0.233. The van der Waals surface area contributed by atoms with E-state index in [2.05, 4.69) is 50.8 Å². The number of carbonyl (C=O) groups is 1. The molecule has 144 valence electrons. The number of rotatable bonds is 5. The van der Waals surface area contributed by atoms with Crippen LogP contribution in [0.15, 0.2) is 65.9 Å². The van der Waals surface area contributed by atoms with Crippen LogP contribution in [0.3, 0.4) is 0 Å². The van der Waals surface area contributed by atoms with Gasteiger partial charge >= 0.3 is 5.97 Å². The van der Waals surface area contributed by atoms with E-state index in [1.54, 1.807) is 20.1 Å². The van der Waals surface area contributed by atoms with Crippen molar-refractivity contribution in [3.8, 4) is 0 Å². The van der Waals surface area contributed by atoms with Crippen LogP contribution >= 0.6 is 0 Å². The van der Waals surface area contributed by atoms with Gasteiger partial charge in [0.1, 0.15) is 0 Å². The smallest absolute Gasteiger partial charge is 0.341 e. The van der Waals surface area contributed by atoms with Crippen molar-refractivity contribution in [3.63, 3.8) is 0 Å². The van der Waals surface area contributed by atoms with Crippen LogP contribution in [-0.2, 0) is 4.74 Å². The van der Waals surface area contributed by atoms with Crippen LogP contribution in [0.1, 0.15) is 28.5 Å². The summed E-state index contributed by atoms with van der Waals surface area (Å²) in [6, 6.07) is 18.6. The molecule has 6 heteroatoms. The van der Waals surface area contributed by atoms with E-state index >= 15 is 0 Å². The highest BCUT2D eigenvalue weighted by molar-refractivity contribution is 6.13. The average Bonchev–Trinajstić information content (AvgIpc) is 2.73. The molecule has 0 saturated carbocycles. The summed E-state index contributed by atoms with van der Waals surface area (Å²) in [6.07, 6.45) is 3.23. The van der Waals surface area contributed by atoms with Gasteiger partial charge in [-0.2, -0.15) is 5.10 Å². The Balaban J connectivity index is 1.65. The van der Waals surface area contributed by atoms with Crippen molar-refractivity contribution in [1.29, 1.82) is 0 Å². The molecule has 0 radical (unpaired) electrons. The summed E-state index contributed by atoms with van der Waals surface area (Å²) < 4.78 is 5.00. The van der Waals surface area contributed by atoms with Gasteiger partial charge in [0.15, 0.2) is 0 Å². The minimum Gasteiger partial charge on any atom is -0.462 e. The van der Waals surface area contributed by atoms with Crippen LogP contribution in [0.25, 0.3) is 21.5 Å². The highest BCUT2D eigenvalue weighted by Gasteiger charge is 2.12. The van der Waals surface area contributed by atoms with Gasteiger partial charge in [-0.15, -0.1) is 0 Å². The molecule has 3 aromatic carbocycles. The summed E-state index contributed by atoms with van der Waals surface area (Å²) in [6.45, 7) is 3.80. The number of hydrazone groups is 1. The topological polar surface area (TPSA) is 76.5 Å². The fourth-order valence-corrected chi connectivity index (χ4v) is 3.27. The molecule has 29 heavy (non-hydrogen) atoms. The maximum atomic E-state index is 11.9. The number of anilines is 1. The third-order valence-corrected chi connectivity index (χ3v) is 4.65. The second-order valence-electron chi connectivity index (χ2n) is 6.52. The average molecular weight is 384 g/mol.